The van der Waals surface area contributed by atoms with Gasteiger partial charge >= 0.3 is 5.97 Å². The standard InChI is InChI=1S/C59H83N13O14/c1-86-50-25-21-38(34-42(50)52(78)65-30-12-2-3-17-51(76)77)69-59(85)46(16-7-11-29-63)72-55(81)41-33-37(20-24-49(41)75)68-58(84)45(15-6-10-28-62)71-54(80)40-32-36(19-23-48(40)74)67-57(83)44(14-5-9-27-61)70-53(79)39-31-35(18-22-47(39)73)66-56(82)43(64)13-4-8-26-60/h18-25,31-34,43-46,73-75H,2-17,26-30,60-64H2,1H3,(H,65,78)(H,66,82)(H,67,83)(H,68,84)(H,69,85)(H,70,79)(H,71,80)(H,72,81)(H,76,77)/t43-,44-,45-,46-/m0/s1. The molecular formula is C59H83N13O14. The Balaban J connectivity index is 1.49. The third-order valence-corrected chi connectivity index (χ3v) is 13.6. The monoisotopic (exact) mass is 1200 g/mol. The lowest BCUT2D eigenvalue weighted by Crippen LogP contribution is -2.44. The van der Waals surface area contributed by atoms with E-state index < -0.39 is 94.6 Å². The van der Waals surface area contributed by atoms with Gasteiger partial charge in [-0.1, -0.05) is 12.8 Å². The van der Waals surface area contributed by atoms with Gasteiger partial charge in [0, 0.05) is 35.7 Å². The van der Waals surface area contributed by atoms with E-state index in [2.05, 4.69) is 42.5 Å². The van der Waals surface area contributed by atoms with Crippen LogP contribution in [0.3, 0.4) is 0 Å². The Morgan fingerprint density at radius 2 is 0.779 bits per heavy atom. The van der Waals surface area contributed by atoms with Crippen LogP contribution in [0.5, 0.6) is 23.0 Å². The number of nitrogens with two attached hydrogens (primary N) is 5. The molecule has 0 fully saturated rings. The van der Waals surface area contributed by atoms with Gasteiger partial charge < -0.3 is 96.4 Å². The highest BCUT2D eigenvalue weighted by Gasteiger charge is 2.28. The first-order chi connectivity index (χ1) is 41.2. The number of aliphatic carboxylic acids is 1. The van der Waals surface area contributed by atoms with Crippen molar-refractivity contribution in [3.05, 3.63) is 95.1 Å². The fourth-order valence-electron chi connectivity index (χ4n) is 8.78. The number of carbonyl (C=O) groups excluding carboxylic acids is 8. The summed E-state index contributed by atoms with van der Waals surface area (Å²) in [5.74, 6) is -8.02. The number of carboxylic acid groups (broad SMARTS) is 1. The number of methoxy groups -OCH3 is 1. The number of hydrogen-bond donors (Lipinski definition) is 17. The summed E-state index contributed by atoms with van der Waals surface area (Å²) in [6, 6.07) is 10.9. The number of carboxylic acids is 1. The smallest absolute Gasteiger partial charge is 0.303 e. The van der Waals surface area contributed by atoms with Crippen LogP contribution < -0.4 is 75.9 Å². The van der Waals surface area contributed by atoms with Gasteiger partial charge in [0.2, 0.25) is 23.6 Å². The maximum atomic E-state index is 14.0. The topological polar surface area (TPSA) is 470 Å². The van der Waals surface area contributed by atoms with Gasteiger partial charge in [0.05, 0.1) is 35.4 Å². The Kier molecular flexibility index (Phi) is 29.7. The van der Waals surface area contributed by atoms with Crippen molar-refractivity contribution in [2.75, 3.05) is 61.1 Å². The third-order valence-electron chi connectivity index (χ3n) is 13.6. The second-order valence-corrected chi connectivity index (χ2v) is 20.4. The zero-order chi connectivity index (χ0) is 63.1. The van der Waals surface area contributed by atoms with Crippen molar-refractivity contribution in [3.8, 4) is 23.0 Å². The van der Waals surface area contributed by atoms with Crippen molar-refractivity contribution in [1.29, 1.82) is 0 Å². The molecule has 0 saturated carbocycles. The largest absolute Gasteiger partial charge is 0.507 e. The highest BCUT2D eigenvalue weighted by Crippen LogP contribution is 2.27. The van der Waals surface area contributed by atoms with Crippen LogP contribution in [-0.4, -0.2) is 138 Å². The molecule has 4 rings (SSSR count). The van der Waals surface area contributed by atoms with Crippen LogP contribution in [-0.2, 0) is 24.0 Å². The zero-order valence-corrected chi connectivity index (χ0v) is 48.3. The van der Waals surface area contributed by atoms with Crippen molar-refractivity contribution in [2.45, 2.75) is 127 Å². The van der Waals surface area contributed by atoms with Gasteiger partial charge in [0.25, 0.3) is 23.6 Å². The summed E-state index contributed by atoms with van der Waals surface area (Å²) >= 11 is 0. The minimum absolute atomic E-state index is 0.00857. The summed E-state index contributed by atoms with van der Waals surface area (Å²) in [6.07, 6.45) is 6.13. The molecule has 0 heterocycles. The molecule has 27 heteroatoms. The molecule has 0 aromatic heterocycles. The lowest BCUT2D eigenvalue weighted by Gasteiger charge is -2.21. The fraction of sp³-hybridized carbons (Fsp3) is 0.441. The number of phenols is 3. The first-order valence-corrected chi connectivity index (χ1v) is 28.6. The Labute approximate surface area is 498 Å². The lowest BCUT2D eigenvalue weighted by atomic mass is 10.1. The normalized spacial score (nSPS) is 12.3. The molecular weight excluding hydrogens is 1110 g/mol. The maximum absolute atomic E-state index is 14.0. The molecule has 0 aliphatic heterocycles. The van der Waals surface area contributed by atoms with Crippen LogP contribution in [0.4, 0.5) is 22.7 Å². The van der Waals surface area contributed by atoms with Crippen molar-refractivity contribution in [1.82, 2.24) is 21.3 Å². The average molecular weight is 1200 g/mol. The van der Waals surface area contributed by atoms with E-state index in [0.29, 0.717) is 90.1 Å². The number of aromatic hydroxyl groups is 3. The number of benzene rings is 4. The van der Waals surface area contributed by atoms with E-state index in [1.807, 2.05) is 0 Å². The summed E-state index contributed by atoms with van der Waals surface area (Å²) in [7, 11) is 1.37. The first-order valence-electron chi connectivity index (χ1n) is 28.6. The van der Waals surface area contributed by atoms with E-state index in [4.69, 9.17) is 38.5 Å². The Morgan fingerprint density at radius 1 is 0.430 bits per heavy atom. The SMILES string of the molecule is COc1ccc(NC(=O)[C@H](CCCCN)NC(=O)c2cc(NC(=O)[C@H](CCCCN)NC(=O)c3cc(NC(=O)[C@H](CCCCN)NC(=O)c4cc(NC(=O)[C@@H](N)CCCCN)ccc4O)ccc3O)ccc2O)cc1C(=O)NCCCCCC(=O)O. The van der Waals surface area contributed by atoms with Crippen molar-refractivity contribution in [2.24, 2.45) is 28.7 Å². The van der Waals surface area contributed by atoms with E-state index in [-0.39, 0.29) is 96.1 Å². The molecule has 0 unspecified atom stereocenters. The summed E-state index contributed by atoms with van der Waals surface area (Å²) < 4.78 is 5.37. The number of hydrogen-bond acceptors (Lipinski definition) is 18. The predicted molar refractivity (Wildman–Crippen MR) is 324 cm³/mol. The highest BCUT2D eigenvalue weighted by atomic mass is 16.5. The van der Waals surface area contributed by atoms with Crippen molar-refractivity contribution < 1.29 is 68.3 Å². The minimum atomic E-state index is -1.28. The van der Waals surface area contributed by atoms with Crippen molar-refractivity contribution >= 4 is 76.0 Å². The molecule has 0 aliphatic carbocycles. The van der Waals surface area contributed by atoms with Crippen LogP contribution in [0.15, 0.2) is 72.8 Å². The molecule has 4 aromatic rings. The van der Waals surface area contributed by atoms with Gasteiger partial charge in [0.1, 0.15) is 41.1 Å². The van der Waals surface area contributed by atoms with Gasteiger partial charge in [-0.15, -0.1) is 0 Å². The number of carbonyl (C=O) groups is 9. The second kappa shape index (κ2) is 36.7. The Bertz CT molecular complexity index is 2960. The molecule has 0 aliphatic rings. The van der Waals surface area contributed by atoms with Gasteiger partial charge in [-0.3, -0.25) is 43.2 Å². The van der Waals surface area contributed by atoms with E-state index >= 15 is 0 Å². The quantitative estimate of drug-likeness (QED) is 0.0226. The fourth-order valence-corrected chi connectivity index (χ4v) is 8.78. The van der Waals surface area contributed by atoms with E-state index in [1.165, 1.54) is 61.7 Å². The van der Waals surface area contributed by atoms with Crippen LogP contribution in [0.2, 0.25) is 0 Å². The molecule has 0 bridgehead atoms. The molecule has 0 radical (unpaired) electrons. The summed E-state index contributed by atoms with van der Waals surface area (Å²) in [4.78, 5) is 120. The zero-order valence-electron chi connectivity index (χ0n) is 48.3. The first kappa shape index (κ1) is 69.6. The van der Waals surface area contributed by atoms with Gasteiger partial charge in [0.15, 0.2) is 0 Å². The number of amides is 8. The van der Waals surface area contributed by atoms with Crippen LogP contribution >= 0.6 is 0 Å². The van der Waals surface area contributed by atoms with E-state index in [1.54, 1.807) is 0 Å². The van der Waals surface area contributed by atoms with E-state index in [0.717, 1.165) is 18.2 Å². The van der Waals surface area contributed by atoms with E-state index in [9.17, 15) is 58.5 Å². The molecule has 0 spiro atoms. The van der Waals surface area contributed by atoms with Crippen LogP contribution in [0, 0.1) is 0 Å². The second-order valence-electron chi connectivity index (χ2n) is 20.4. The number of nitrogens with one attached hydrogen (secondary N) is 8. The summed E-state index contributed by atoms with van der Waals surface area (Å²) in [6.45, 7) is 1.55. The van der Waals surface area contributed by atoms with Gasteiger partial charge in [-0.2, -0.15) is 0 Å². The predicted octanol–water partition coefficient (Wildman–Crippen LogP) is 3.18. The number of unbranched alkanes of at least 4 members (excludes halogenated alkanes) is 6. The summed E-state index contributed by atoms with van der Waals surface area (Å²) in [5.41, 5.74) is 28.3. The Morgan fingerprint density at radius 3 is 1.14 bits per heavy atom. The minimum Gasteiger partial charge on any atom is -0.507 e. The molecule has 27 nitrogen and oxygen atoms in total. The van der Waals surface area contributed by atoms with Gasteiger partial charge in [-0.25, -0.2) is 0 Å². The van der Waals surface area contributed by atoms with Gasteiger partial charge in [-0.05, 0) is 182 Å². The van der Waals surface area contributed by atoms with Crippen LogP contribution in [0.25, 0.3) is 0 Å². The number of phenolic OH excluding ortho intramolecular Hbond substituents is 3. The Hall–Kier alpha value is -8.89. The number of rotatable bonds is 38. The highest BCUT2D eigenvalue weighted by molar-refractivity contribution is 6.07. The van der Waals surface area contributed by atoms with Crippen molar-refractivity contribution in [3.63, 3.8) is 0 Å². The average Bonchev–Trinajstić information content (AvgIpc) is 2.96. The molecule has 8 amide bonds. The molecule has 86 heavy (non-hydrogen) atoms. The molecule has 0 saturated heterocycles. The summed E-state index contributed by atoms with van der Waals surface area (Å²) in [5, 5.41) is 62.7. The molecule has 4 atom stereocenters. The number of ether oxygens (including phenoxy) is 1. The molecule has 468 valence electrons. The molecule has 4 aromatic carbocycles. The third kappa shape index (κ3) is 22.9. The van der Waals surface area contributed by atoms with Crippen LogP contribution in [0.1, 0.15) is 144 Å². The lowest BCUT2D eigenvalue weighted by molar-refractivity contribution is -0.137. The maximum Gasteiger partial charge on any atom is 0.303 e. The molecule has 22 N–H and O–H groups in total. The number of anilines is 4.